The van der Waals surface area contributed by atoms with E-state index in [1.54, 1.807) is 0 Å². The molecule has 20 heavy (non-hydrogen) atoms. The molecule has 0 aliphatic carbocycles. The van der Waals surface area contributed by atoms with Crippen LogP contribution in [0.3, 0.4) is 0 Å². The first-order valence-corrected chi connectivity index (χ1v) is 6.65. The van der Waals surface area contributed by atoms with Crippen molar-refractivity contribution in [3.05, 3.63) is 39.8 Å². The van der Waals surface area contributed by atoms with E-state index in [0.29, 0.717) is 6.54 Å². The first-order chi connectivity index (χ1) is 9.43. The van der Waals surface area contributed by atoms with E-state index in [4.69, 9.17) is 23.2 Å². The third kappa shape index (κ3) is 2.78. The second-order valence-corrected chi connectivity index (χ2v) is 5.02. The average molecular weight is 317 g/mol. The largest absolute Gasteiger partial charge is 0.478 e. The highest BCUT2D eigenvalue weighted by atomic mass is 35.5. The lowest BCUT2D eigenvalue weighted by Gasteiger charge is -2.04. The lowest BCUT2D eigenvalue weighted by molar-refractivity contribution is 0.0697. The predicted molar refractivity (Wildman–Crippen MR) is 74.9 cm³/mol. The molecule has 2 rings (SSSR count). The number of benzene rings is 1. The minimum atomic E-state index is -1.14. The van der Waals surface area contributed by atoms with Gasteiger partial charge < -0.3 is 5.11 Å². The van der Waals surface area contributed by atoms with Gasteiger partial charge in [-0.15, -0.1) is 0 Å². The van der Waals surface area contributed by atoms with Crippen LogP contribution in [0.4, 0.5) is 4.39 Å². The van der Waals surface area contributed by atoms with Crippen LogP contribution in [0, 0.1) is 5.82 Å². The van der Waals surface area contributed by atoms with Crippen molar-refractivity contribution >= 4 is 29.2 Å². The zero-order chi connectivity index (χ0) is 14.9. The van der Waals surface area contributed by atoms with E-state index in [1.807, 2.05) is 6.92 Å². The third-order valence-electron chi connectivity index (χ3n) is 2.71. The first-order valence-electron chi connectivity index (χ1n) is 5.89. The van der Waals surface area contributed by atoms with Gasteiger partial charge in [0, 0.05) is 18.3 Å². The van der Waals surface area contributed by atoms with Crippen molar-refractivity contribution in [2.24, 2.45) is 0 Å². The summed E-state index contributed by atoms with van der Waals surface area (Å²) in [7, 11) is 0. The number of aromatic nitrogens is 2. The number of carboxylic acids is 1. The monoisotopic (exact) mass is 316 g/mol. The van der Waals surface area contributed by atoms with Gasteiger partial charge in [0.2, 0.25) is 0 Å². The van der Waals surface area contributed by atoms with Gasteiger partial charge in [-0.2, -0.15) is 5.10 Å². The second kappa shape index (κ2) is 5.81. The maximum Gasteiger partial charge on any atom is 0.339 e. The standard InChI is InChI=1S/C13H11Cl2FN2O2/c1-2-3-18-6-8(13(19)20)12(17-18)7-4-11(16)10(15)5-9(7)14/h4-6H,2-3H2,1H3,(H,19,20). The maximum atomic E-state index is 13.6. The van der Waals surface area contributed by atoms with Crippen LogP contribution in [0.25, 0.3) is 11.3 Å². The summed E-state index contributed by atoms with van der Waals surface area (Å²) in [6, 6.07) is 2.33. The van der Waals surface area contributed by atoms with E-state index in [-0.39, 0.29) is 26.9 Å². The molecule has 7 heteroatoms. The molecule has 0 amide bonds. The third-order valence-corrected chi connectivity index (χ3v) is 3.31. The number of aromatic carboxylic acids is 1. The van der Waals surface area contributed by atoms with Gasteiger partial charge in [0.15, 0.2) is 0 Å². The Morgan fingerprint density at radius 1 is 1.40 bits per heavy atom. The van der Waals surface area contributed by atoms with Gasteiger partial charge in [0.05, 0.1) is 10.0 Å². The Bertz CT molecular complexity index is 671. The van der Waals surface area contributed by atoms with Gasteiger partial charge in [-0.05, 0) is 18.6 Å². The van der Waals surface area contributed by atoms with Gasteiger partial charge >= 0.3 is 5.97 Å². The van der Waals surface area contributed by atoms with Crippen molar-refractivity contribution in [2.45, 2.75) is 19.9 Å². The Labute approximate surface area is 124 Å². The van der Waals surface area contributed by atoms with Crippen LogP contribution in [-0.4, -0.2) is 20.9 Å². The van der Waals surface area contributed by atoms with Gasteiger partial charge in [0.1, 0.15) is 17.1 Å². The van der Waals surface area contributed by atoms with E-state index in [2.05, 4.69) is 5.10 Å². The highest BCUT2D eigenvalue weighted by Gasteiger charge is 2.20. The quantitative estimate of drug-likeness (QED) is 0.864. The molecule has 0 fully saturated rings. The number of carboxylic acid groups (broad SMARTS) is 1. The Hall–Kier alpha value is -1.59. The average Bonchev–Trinajstić information content (AvgIpc) is 2.78. The number of rotatable bonds is 4. The number of hydrogen-bond acceptors (Lipinski definition) is 2. The predicted octanol–water partition coefficient (Wildman–Crippen LogP) is 4.10. The molecule has 1 aromatic heterocycles. The topological polar surface area (TPSA) is 55.1 Å². The fourth-order valence-electron chi connectivity index (χ4n) is 1.82. The van der Waals surface area contributed by atoms with Crippen LogP contribution < -0.4 is 0 Å². The molecular weight excluding hydrogens is 306 g/mol. The summed E-state index contributed by atoms with van der Waals surface area (Å²) in [6.07, 6.45) is 2.20. The molecule has 0 aliphatic rings. The SMILES string of the molecule is CCCn1cc(C(=O)O)c(-c2cc(F)c(Cl)cc2Cl)n1. The zero-order valence-electron chi connectivity index (χ0n) is 10.5. The van der Waals surface area contributed by atoms with Crippen molar-refractivity contribution in [2.75, 3.05) is 0 Å². The van der Waals surface area contributed by atoms with E-state index in [0.717, 1.165) is 12.5 Å². The Kier molecular flexibility index (Phi) is 4.30. The molecule has 106 valence electrons. The number of halogens is 3. The molecule has 0 unspecified atom stereocenters. The highest BCUT2D eigenvalue weighted by molar-refractivity contribution is 6.36. The van der Waals surface area contributed by atoms with Gasteiger partial charge in [-0.3, -0.25) is 4.68 Å². The molecule has 0 atom stereocenters. The molecular formula is C13H11Cl2FN2O2. The van der Waals surface area contributed by atoms with Crippen LogP contribution in [0.15, 0.2) is 18.3 Å². The van der Waals surface area contributed by atoms with Gasteiger partial charge in [0.25, 0.3) is 0 Å². The molecule has 0 saturated heterocycles. The van der Waals surface area contributed by atoms with Crippen LogP contribution in [0.1, 0.15) is 23.7 Å². The smallest absolute Gasteiger partial charge is 0.339 e. The maximum absolute atomic E-state index is 13.6. The highest BCUT2D eigenvalue weighted by Crippen LogP contribution is 2.33. The molecule has 1 aromatic carbocycles. The molecule has 0 bridgehead atoms. The zero-order valence-corrected chi connectivity index (χ0v) is 12.0. The minimum absolute atomic E-state index is 0.0259. The lowest BCUT2D eigenvalue weighted by atomic mass is 10.1. The second-order valence-electron chi connectivity index (χ2n) is 4.21. The van der Waals surface area contributed by atoms with Crippen LogP contribution in [0.5, 0.6) is 0 Å². The van der Waals surface area contributed by atoms with Crippen LogP contribution in [-0.2, 0) is 6.54 Å². The molecule has 0 saturated carbocycles. The van der Waals surface area contributed by atoms with E-state index >= 15 is 0 Å². The van der Waals surface area contributed by atoms with Gasteiger partial charge in [-0.25, -0.2) is 9.18 Å². The molecule has 0 spiro atoms. The van der Waals surface area contributed by atoms with Crippen LogP contribution >= 0.6 is 23.2 Å². The molecule has 0 aliphatic heterocycles. The van der Waals surface area contributed by atoms with E-state index < -0.39 is 11.8 Å². The summed E-state index contributed by atoms with van der Waals surface area (Å²) in [5.41, 5.74) is 0.314. The van der Waals surface area contributed by atoms with E-state index in [9.17, 15) is 14.3 Å². The fraction of sp³-hybridized carbons (Fsp3) is 0.231. The molecule has 0 radical (unpaired) electrons. The lowest BCUT2D eigenvalue weighted by Crippen LogP contribution is -1.97. The summed E-state index contributed by atoms with van der Waals surface area (Å²) in [5, 5.41) is 13.4. The summed E-state index contributed by atoms with van der Waals surface area (Å²) >= 11 is 11.6. The van der Waals surface area contributed by atoms with Crippen molar-refractivity contribution < 1.29 is 14.3 Å². The number of aryl methyl sites for hydroxylation is 1. The normalized spacial score (nSPS) is 10.8. The summed E-state index contributed by atoms with van der Waals surface area (Å²) in [6.45, 7) is 2.50. The Morgan fingerprint density at radius 2 is 2.10 bits per heavy atom. The first kappa shape index (κ1) is 14.8. The molecule has 2 aromatic rings. The Morgan fingerprint density at radius 3 is 2.70 bits per heavy atom. The molecule has 1 N–H and O–H groups in total. The number of hydrogen-bond donors (Lipinski definition) is 1. The summed E-state index contributed by atoms with van der Waals surface area (Å²) in [4.78, 5) is 11.3. The van der Waals surface area contributed by atoms with Gasteiger partial charge in [-0.1, -0.05) is 30.1 Å². The number of carbonyl (C=O) groups is 1. The molecule has 1 heterocycles. The van der Waals surface area contributed by atoms with Crippen molar-refractivity contribution in [3.8, 4) is 11.3 Å². The van der Waals surface area contributed by atoms with Crippen molar-refractivity contribution in [1.82, 2.24) is 9.78 Å². The van der Waals surface area contributed by atoms with Crippen LogP contribution in [0.2, 0.25) is 10.0 Å². The summed E-state index contributed by atoms with van der Waals surface area (Å²) < 4.78 is 15.1. The van der Waals surface area contributed by atoms with Crippen molar-refractivity contribution in [1.29, 1.82) is 0 Å². The molecule has 4 nitrogen and oxygen atoms in total. The Balaban J connectivity index is 2.62. The van der Waals surface area contributed by atoms with Crippen molar-refractivity contribution in [3.63, 3.8) is 0 Å². The summed E-state index contributed by atoms with van der Waals surface area (Å²) in [5.74, 6) is -1.82. The minimum Gasteiger partial charge on any atom is -0.478 e. The fourth-order valence-corrected chi connectivity index (χ4v) is 2.30. The van der Waals surface area contributed by atoms with E-state index in [1.165, 1.54) is 16.9 Å². The number of nitrogens with zero attached hydrogens (tertiary/aromatic N) is 2.